The number of nitrogens with zero attached hydrogens (tertiary/aromatic N) is 2. The predicted octanol–water partition coefficient (Wildman–Crippen LogP) is 1.33. The minimum absolute atomic E-state index is 1.04. The zero-order chi connectivity index (χ0) is 8.39. The average molecular weight is 163 g/mol. The molecule has 0 spiro atoms. The van der Waals surface area contributed by atoms with Gasteiger partial charge in [-0.1, -0.05) is 0 Å². The smallest absolute Gasteiger partial charge is 0.0764 e. The standard InChI is InChI=1S/C9H13N3/c1-12-6-2-4-11-8-7-10-5-3-9(8)12/h3,5,7,11H,2,4,6H2,1H3. The summed E-state index contributed by atoms with van der Waals surface area (Å²) in [6.45, 7) is 2.16. The van der Waals surface area contributed by atoms with Gasteiger partial charge in [0.1, 0.15) is 0 Å². The molecule has 3 nitrogen and oxygen atoms in total. The zero-order valence-electron chi connectivity index (χ0n) is 7.25. The van der Waals surface area contributed by atoms with Crippen molar-refractivity contribution < 1.29 is 0 Å². The van der Waals surface area contributed by atoms with Crippen LogP contribution < -0.4 is 10.2 Å². The van der Waals surface area contributed by atoms with Crippen molar-refractivity contribution in [1.29, 1.82) is 0 Å². The van der Waals surface area contributed by atoms with E-state index >= 15 is 0 Å². The van der Waals surface area contributed by atoms with E-state index in [0.29, 0.717) is 0 Å². The molecule has 0 saturated carbocycles. The molecule has 0 saturated heterocycles. The van der Waals surface area contributed by atoms with Crippen LogP contribution in [0.4, 0.5) is 11.4 Å². The van der Waals surface area contributed by atoms with Gasteiger partial charge in [0.25, 0.3) is 0 Å². The fourth-order valence-corrected chi connectivity index (χ4v) is 1.52. The molecule has 1 aromatic heterocycles. The van der Waals surface area contributed by atoms with Crippen molar-refractivity contribution >= 4 is 11.4 Å². The van der Waals surface area contributed by atoms with Gasteiger partial charge in [0.05, 0.1) is 17.6 Å². The molecule has 3 heteroatoms. The van der Waals surface area contributed by atoms with Crippen LogP contribution in [0.1, 0.15) is 6.42 Å². The van der Waals surface area contributed by atoms with E-state index in [9.17, 15) is 0 Å². The summed E-state index contributed by atoms with van der Waals surface area (Å²) in [5.74, 6) is 0. The van der Waals surface area contributed by atoms with E-state index in [-0.39, 0.29) is 0 Å². The first-order valence-corrected chi connectivity index (χ1v) is 4.27. The topological polar surface area (TPSA) is 28.2 Å². The van der Waals surface area contributed by atoms with Crippen LogP contribution in [0, 0.1) is 0 Å². The van der Waals surface area contributed by atoms with Crippen molar-refractivity contribution in [2.24, 2.45) is 0 Å². The van der Waals surface area contributed by atoms with Crippen LogP contribution in [-0.2, 0) is 0 Å². The normalized spacial score (nSPS) is 16.2. The van der Waals surface area contributed by atoms with Crippen LogP contribution in [0.15, 0.2) is 18.5 Å². The lowest BCUT2D eigenvalue weighted by Crippen LogP contribution is -2.17. The van der Waals surface area contributed by atoms with Gasteiger partial charge in [0.2, 0.25) is 0 Å². The van der Waals surface area contributed by atoms with E-state index in [4.69, 9.17) is 0 Å². The third-order valence-corrected chi connectivity index (χ3v) is 2.20. The highest BCUT2D eigenvalue weighted by atomic mass is 15.1. The first-order valence-electron chi connectivity index (χ1n) is 4.27. The molecular formula is C9H13N3. The summed E-state index contributed by atoms with van der Waals surface area (Å²) in [6.07, 6.45) is 4.91. The number of pyridine rings is 1. The van der Waals surface area contributed by atoms with Crippen LogP contribution in [0.3, 0.4) is 0 Å². The Morgan fingerprint density at radius 3 is 3.42 bits per heavy atom. The van der Waals surface area contributed by atoms with Crippen LogP contribution in [0.5, 0.6) is 0 Å². The largest absolute Gasteiger partial charge is 0.382 e. The second kappa shape index (κ2) is 3.01. The van der Waals surface area contributed by atoms with Crippen molar-refractivity contribution in [2.75, 3.05) is 30.4 Å². The summed E-state index contributed by atoms with van der Waals surface area (Å²) in [7, 11) is 2.12. The zero-order valence-corrected chi connectivity index (χ0v) is 7.25. The van der Waals surface area contributed by atoms with E-state index in [1.807, 2.05) is 18.5 Å². The third-order valence-electron chi connectivity index (χ3n) is 2.20. The Balaban J connectivity index is 2.39. The van der Waals surface area contributed by atoms with Crippen molar-refractivity contribution in [2.45, 2.75) is 6.42 Å². The average Bonchev–Trinajstić information content (AvgIpc) is 2.29. The quantitative estimate of drug-likeness (QED) is 0.625. The second-order valence-electron chi connectivity index (χ2n) is 3.09. The number of nitrogens with one attached hydrogen (secondary N) is 1. The molecular weight excluding hydrogens is 150 g/mol. The van der Waals surface area contributed by atoms with Gasteiger partial charge in [-0.15, -0.1) is 0 Å². The summed E-state index contributed by atoms with van der Waals surface area (Å²) in [4.78, 5) is 6.35. The van der Waals surface area contributed by atoms with Gasteiger partial charge in [-0.05, 0) is 12.5 Å². The number of hydrogen-bond acceptors (Lipinski definition) is 3. The van der Waals surface area contributed by atoms with E-state index in [1.165, 1.54) is 12.1 Å². The number of hydrogen-bond donors (Lipinski definition) is 1. The molecule has 1 aromatic rings. The molecule has 0 fully saturated rings. The van der Waals surface area contributed by atoms with E-state index in [1.54, 1.807) is 0 Å². The Bertz CT molecular complexity index is 272. The van der Waals surface area contributed by atoms with Gasteiger partial charge >= 0.3 is 0 Å². The minimum atomic E-state index is 1.04. The fraction of sp³-hybridized carbons (Fsp3) is 0.444. The molecule has 64 valence electrons. The Kier molecular flexibility index (Phi) is 1.86. The molecule has 1 aliphatic rings. The molecule has 1 N–H and O–H groups in total. The Labute approximate surface area is 72.4 Å². The predicted molar refractivity (Wildman–Crippen MR) is 50.6 cm³/mol. The molecule has 0 atom stereocenters. The van der Waals surface area contributed by atoms with Crippen LogP contribution in [0.25, 0.3) is 0 Å². The maximum Gasteiger partial charge on any atom is 0.0764 e. The number of fused-ring (bicyclic) bond motifs is 1. The van der Waals surface area contributed by atoms with Gasteiger partial charge in [0, 0.05) is 26.3 Å². The van der Waals surface area contributed by atoms with Crippen LogP contribution in [0.2, 0.25) is 0 Å². The molecule has 2 heterocycles. The van der Waals surface area contributed by atoms with E-state index in [2.05, 4.69) is 22.2 Å². The summed E-state index contributed by atoms with van der Waals surface area (Å²) < 4.78 is 0. The molecule has 0 aromatic carbocycles. The first kappa shape index (κ1) is 7.40. The molecule has 0 radical (unpaired) electrons. The number of aromatic nitrogens is 1. The van der Waals surface area contributed by atoms with Crippen molar-refractivity contribution in [3.63, 3.8) is 0 Å². The first-order chi connectivity index (χ1) is 5.88. The molecule has 12 heavy (non-hydrogen) atoms. The van der Waals surface area contributed by atoms with Gasteiger partial charge in [-0.2, -0.15) is 0 Å². The number of rotatable bonds is 0. The molecule has 0 bridgehead atoms. The molecule has 1 aliphatic heterocycles. The van der Waals surface area contributed by atoms with Gasteiger partial charge < -0.3 is 10.2 Å². The molecule has 0 unspecified atom stereocenters. The highest BCUT2D eigenvalue weighted by molar-refractivity contribution is 5.68. The summed E-state index contributed by atoms with van der Waals surface area (Å²) >= 11 is 0. The third kappa shape index (κ3) is 1.22. The van der Waals surface area contributed by atoms with Crippen molar-refractivity contribution in [3.05, 3.63) is 18.5 Å². The van der Waals surface area contributed by atoms with E-state index < -0.39 is 0 Å². The van der Waals surface area contributed by atoms with E-state index in [0.717, 1.165) is 18.8 Å². The lowest BCUT2D eigenvalue weighted by Gasteiger charge is -2.17. The second-order valence-corrected chi connectivity index (χ2v) is 3.09. The minimum Gasteiger partial charge on any atom is -0.382 e. The SMILES string of the molecule is CN1CCCNc2cnccc21. The van der Waals surface area contributed by atoms with Crippen molar-refractivity contribution in [1.82, 2.24) is 4.98 Å². The Hall–Kier alpha value is -1.25. The summed E-state index contributed by atoms with van der Waals surface area (Å²) in [5, 5.41) is 3.35. The number of anilines is 2. The van der Waals surface area contributed by atoms with Gasteiger partial charge in [-0.3, -0.25) is 4.98 Å². The van der Waals surface area contributed by atoms with Crippen molar-refractivity contribution in [3.8, 4) is 0 Å². The Morgan fingerprint density at radius 1 is 1.58 bits per heavy atom. The monoisotopic (exact) mass is 163 g/mol. The summed E-state index contributed by atoms with van der Waals surface area (Å²) in [5.41, 5.74) is 2.40. The highest BCUT2D eigenvalue weighted by Crippen LogP contribution is 2.25. The van der Waals surface area contributed by atoms with Gasteiger partial charge in [0.15, 0.2) is 0 Å². The Morgan fingerprint density at radius 2 is 2.50 bits per heavy atom. The maximum atomic E-state index is 4.08. The maximum absolute atomic E-state index is 4.08. The molecule has 0 aliphatic carbocycles. The lowest BCUT2D eigenvalue weighted by atomic mass is 10.3. The summed E-state index contributed by atoms with van der Waals surface area (Å²) in [6, 6.07) is 2.05. The fourth-order valence-electron chi connectivity index (χ4n) is 1.52. The molecule has 0 amide bonds. The molecule has 2 rings (SSSR count). The highest BCUT2D eigenvalue weighted by Gasteiger charge is 2.09. The van der Waals surface area contributed by atoms with Crippen LogP contribution in [-0.4, -0.2) is 25.1 Å². The van der Waals surface area contributed by atoms with Gasteiger partial charge in [-0.25, -0.2) is 0 Å². The van der Waals surface area contributed by atoms with Crippen LogP contribution >= 0.6 is 0 Å². The lowest BCUT2D eigenvalue weighted by molar-refractivity contribution is 0.837.